The highest BCUT2D eigenvalue weighted by Crippen LogP contribution is 1.95. The maximum absolute atomic E-state index is 12.2. The van der Waals surface area contributed by atoms with Crippen molar-refractivity contribution in [2.75, 3.05) is 0 Å². The van der Waals surface area contributed by atoms with Crippen molar-refractivity contribution in [3.05, 3.63) is 54.2 Å². The van der Waals surface area contributed by atoms with E-state index in [1.54, 1.807) is 18.3 Å². The fourth-order valence-corrected chi connectivity index (χ4v) is 1.51. The van der Waals surface area contributed by atoms with Gasteiger partial charge in [-0.1, -0.05) is 6.07 Å². The van der Waals surface area contributed by atoms with Crippen LogP contribution >= 0.6 is 0 Å². The molecule has 2 rings (SSSR count). The largest absolute Gasteiger partial charge is 0.283 e. The first-order valence-corrected chi connectivity index (χ1v) is 5.70. The quantitative estimate of drug-likeness (QED) is 0.797. The third-order valence-corrected chi connectivity index (χ3v) is 2.23. The lowest BCUT2D eigenvalue weighted by Gasteiger charge is -2.05. The molecule has 0 unspecified atom stereocenters. The first-order valence-electron chi connectivity index (χ1n) is 5.70. The molecule has 2 aromatic heterocycles. The van der Waals surface area contributed by atoms with Gasteiger partial charge in [0, 0.05) is 24.6 Å². The van der Waals surface area contributed by atoms with Crippen molar-refractivity contribution in [2.24, 2.45) is 4.99 Å². The number of carbonyl (C=O) groups excluding carboxylic acids is 1. The Morgan fingerprint density at radius 2 is 2.17 bits per heavy atom. The average molecular weight is 242 g/mol. The van der Waals surface area contributed by atoms with Crippen LogP contribution in [0.15, 0.2) is 48.0 Å². The molecule has 0 saturated heterocycles. The average Bonchev–Trinajstić information content (AvgIpc) is 2.39. The Labute approximate surface area is 105 Å². The van der Waals surface area contributed by atoms with Gasteiger partial charge in [0.1, 0.15) is 11.2 Å². The molecule has 0 spiro atoms. The lowest BCUT2D eigenvalue weighted by molar-refractivity contribution is 0.0949. The van der Waals surface area contributed by atoms with Crippen LogP contribution in [0, 0.1) is 0 Å². The van der Waals surface area contributed by atoms with E-state index < -0.39 is 0 Å². The van der Waals surface area contributed by atoms with E-state index in [4.69, 9.17) is 0 Å². The monoisotopic (exact) mass is 242 g/mol. The van der Waals surface area contributed by atoms with Crippen molar-refractivity contribution < 1.29 is 4.79 Å². The smallest absolute Gasteiger partial charge is 0.266 e. The van der Waals surface area contributed by atoms with Gasteiger partial charge in [0.05, 0.1) is 6.20 Å². The first kappa shape index (κ1) is 12.2. The topological polar surface area (TPSA) is 60.1 Å². The Balaban J connectivity index is 2.50. The molecule has 0 aliphatic heterocycles. The molecular formula is C13H14N4O. The van der Waals surface area contributed by atoms with E-state index in [9.17, 15) is 4.79 Å². The maximum Gasteiger partial charge on any atom is 0.283 e. The van der Waals surface area contributed by atoms with Gasteiger partial charge in [0.2, 0.25) is 0 Å². The Morgan fingerprint density at radius 3 is 2.83 bits per heavy atom. The SMILES string of the molecule is CC(C)N=c1ccccn1C(=O)c1cnccn1. The van der Waals surface area contributed by atoms with Crippen LogP contribution in [0.2, 0.25) is 0 Å². The maximum atomic E-state index is 12.2. The summed E-state index contributed by atoms with van der Waals surface area (Å²) in [5, 5.41) is 0. The van der Waals surface area contributed by atoms with Crippen LogP contribution in [-0.4, -0.2) is 26.5 Å². The fraction of sp³-hybridized carbons (Fsp3) is 0.231. The molecule has 0 amide bonds. The van der Waals surface area contributed by atoms with Crippen LogP contribution in [-0.2, 0) is 0 Å². The number of rotatable bonds is 2. The zero-order chi connectivity index (χ0) is 13.0. The second-order valence-corrected chi connectivity index (χ2v) is 4.05. The molecule has 0 aliphatic rings. The van der Waals surface area contributed by atoms with Gasteiger partial charge < -0.3 is 0 Å². The van der Waals surface area contributed by atoms with Gasteiger partial charge in [0.25, 0.3) is 5.91 Å². The van der Waals surface area contributed by atoms with Crippen molar-refractivity contribution in [2.45, 2.75) is 19.9 Å². The molecule has 0 saturated carbocycles. The van der Waals surface area contributed by atoms with Crippen LogP contribution in [0.25, 0.3) is 0 Å². The minimum Gasteiger partial charge on any atom is -0.266 e. The Hall–Kier alpha value is -2.30. The summed E-state index contributed by atoms with van der Waals surface area (Å²) in [6, 6.07) is 5.55. The number of pyridine rings is 1. The summed E-state index contributed by atoms with van der Waals surface area (Å²) in [4.78, 5) is 24.5. The van der Waals surface area contributed by atoms with Gasteiger partial charge in [-0.15, -0.1) is 0 Å². The fourth-order valence-electron chi connectivity index (χ4n) is 1.51. The van der Waals surface area contributed by atoms with Crippen molar-refractivity contribution in [3.63, 3.8) is 0 Å². The van der Waals surface area contributed by atoms with Crippen molar-refractivity contribution in [3.8, 4) is 0 Å². The van der Waals surface area contributed by atoms with Crippen molar-refractivity contribution >= 4 is 5.91 Å². The number of nitrogens with zero attached hydrogens (tertiary/aromatic N) is 4. The number of hydrogen-bond donors (Lipinski definition) is 0. The second-order valence-electron chi connectivity index (χ2n) is 4.05. The van der Waals surface area contributed by atoms with E-state index in [0.717, 1.165) is 0 Å². The van der Waals surface area contributed by atoms with Gasteiger partial charge in [-0.2, -0.15) is 0 Å². The highest BCUT2D eigenvalue weighted by Gasteiger charge is 2.09. The molecule has 18 heavy (non-hydrogen) atoms. The molecular weight excluding hydrogens is 228 g/mol. The Kier molecular flexibility index (Phi) is 3.62. The van der Waals surface area contributed by atoms with Gasteiger partial charge in [-0.05, 0) is 26.0 Å². The van der Waals surface area contributed by atoms with E-state index in [1.807, 2.05) is 19.9 Å². The standard InChI is InChI=1S/C13H14N4O/c1-10(2)16-12-5-3-4-8-17(12)13(18)11-9-14-6-7-15-11/h3-10H,1-2H3. The van der Waals surface area contributed by atoms with Gasteiger partial charge in [0.15, 0.2) is 0 Å². The van der Waals surface area contributed by atoms with E-state index in [2.05, 4.69) is 15.0 Å². The summed E-state index contributed by atoms with van der Waals surface area (Å²) in [5.74, 6) is -0.233. The first-order chi connectivity index (χ1) is 8.68. The molecule has 0 aliphatic carbocycles. The van der Waals surface area contributed by atoms with Gasteiger partial charge >= 0.3 is 0 Å². The molecule has 0 N–H and O–H groups in total. The second kappa shape index (κ2) is 5.35. The van der Waals surface area contributed by atoms with Crippen LogP contribution in [0.1, 0.15) is 24.3 Å². The van der Waals surface area contributed by atoms with E-state index in [-0.39, 0.29) is 11.9 Å². The predicted octanol–water partition coefficient (Wildman–Crippen LogP) is 1.28. The summed E-state index contributed by atoms with van der Waals surface area (Å²) >= 11 is 0. The van der Waals surface area contributed by atoms with Crippen LogP contribution < -0.4 is 5.49 Å². The predicted molar refractivity (Wildman–Crippen MR) is 66.9 cm³/mol. The summed E-state index contributed by atoms with van der Waals surface area (Å²) in [7, 11) is 0. The van der Waals surface area contributed by atoms with E-state index in [0.29, 0.717) is 11.2 Å². The molecule has 2 heterocycles. The molecule has 0 bridgehead atoms. The number of aromatic nitrogens is 3. The van der Waals surface area contributed by atoms with E-state index >= 15 is 0 Å². The highest BCUT2D eigenvalue weighted by molar-refractivity contribution is 5.93. The molecule has 5 heteroatoms. The lowest BCUT2D eigenvalue weighted by atomic mass is 10.3. The normalized spacial score (nSPS) is 11.8. The van der Waals surface area contributed by atoms with Crippen LogP contribution in [0.5, 0.6) is 0 Å². The highest BCUT2D eigenvalue weighted by atomic mass is 16.2. The lowest BCUT2D eigenvalue weighted by Crippen LogP contribution is -2.28. The summed E-state index contributed by atoms with van der Waals surface area (Å²) in [6.45, 7) is 3.92. The van der Waals surface area contributed by atoms with Gasteiger partial charge in [-0.3, -0.25) is 19.3 Å². The number of carbonyl (C=O) groups is 1. The Morgan fingerprint density at radius 1 is 1.33 bits per heavy atom. The molecule has 92 valence electrons. The molecule has 0 fully saturated rings. The third kappa shape index (κ3) is 2.68. The molecule has 0 atom stereocenters. The summed E-state index contributed by atoms with van der Waals surface area (Å²) < 4.78 is 1.48. The third-order valence-electron chi connectivity index (χ3n) is 2.23. The minimum atomic E-state index is -0.233. The summed E-state index contributed by atoms with van der Waals surface area (Å²) in [6.07, 6.45) is 6.15. The Bertz CT molecular complexity index is 602. The van der Waals surface area contributed by atoms with Crippen molar-refractivity contribution in [1.29, 1.82) is 0 Å². The molecule has 0 radical (unpaired) electrons. The van der Waals surface area contributed by atoms with Gasteiger partial charge in [-0.25, -0.2) is 4.98 Å². The van der Waals surface area contributed by atoms with Crippen molar-refractivity contribution in [1.82, 2.24) is 14.5 Å². The van der Waals surface area contributed by atoms with E-state index in [1.165, 1.54) is 23.2 Å². The summed E-state index contributed by atoms with van der Waals surface area (Å²) in [5.41, 5.74) is 0.914. The number of hydrogen-bond acceptors (Lipinski definition) is 4. The molecule has 0 aromatic carbocycles. The van der Waals surface area contributed by atoms with Crippen LogP contribution in [0.3, 0.4) is 0 Å². The zero-order valence-electron chi connectivity index (χ0n) is 10.3. The van der Waals surface area contributed by atoms with Crippen LogP contribution in [0.4, 0.5) is 0 Å². The zero-order valence-corrected chi connectivity index (χ0v) is 10.3. The molecule has 2 aromatic rings. The minimum absolute atomic E-state index is 0.119. The molecule has 5 nitrogen and oxygen atoms in total.